The van der Waals surface area contributed by atoms with Crippen molar-refractivity contribution >= 4 is 15.9 Å². The van der Waals surface area contributed by atoms with Crippen LogP contribution in [-0.4, -0.2) is 52.2 Å². The Morgan fingerprint density at radius 2 is 2.16 bits per heavy atom. The van der Waals surface area contributed by atoms with Crippen LogP contribution in [0.1, 0.15) is 45.1 Å². The number of amides is 1. The molecule has 9 heteroatoms. The van der Waals surface area contributed by atoms with E-state index < -0.39 is 27.6 Å². The van der Waals surface area contributed by atoms with E-state index in [1.807, 2.05) is 0 Å². The highest BCUT2D eigenvalue weighted by Gasteiger charge is 2.32. The third-order valence-corrected chi connectivity index (χ3v) is 5.10. The van der Waals surface area contributed by atoms with Crippen LogP contribution in [0.4, 0.5) is 4.79 Å². The highest BCUT2D eigenvalue weighted by atomic mass is 32.2. The Balaban J connectivity index is 2.16. The molecule has 0 aromatic carbocycles. The van der Waals surface area contributed by atoms with Crippen LogP contribution in [0.5, 0.6) is 0 Å². The van der Waals surface area contributed by atoms with Gasteiger partial charge in [0.15, 0.2) is 9.84 Å². The minimum atomic E-state index is -3.31. The molecule has 0 aliphatic carbocycles. The highest BCUT2D eigenvalue weighted by molar-refractivity contribution is 7.94. The minimum Gasteiger partial charge on any atom is -0.444 e. The zero-order valence-electron chi connectivity index (χ0n) is 15.0. The van der Waals surface area contributed by atoms with Crippen molar-refractivity contribution in [3.8, 4) is 0 Å². The molecular weight excluding hydrogens is 346 g/mol. The molecule has 2 heterocycles. The van der Waals surface area contributed by atoms with Crippen molar-refractivity contribution in [3.05, 3.63) is 28.9 Å². The van der Waals surface area contributed by atoms with Gasteiger partial charge in [-0.05, 0) is 27.7 Å². The van der Waals surface area contributed by atoms with Gasteiger partial charge in [-0.25, -0.2) is 13.2 Å². The summed E-state index contributed by atoms with van der Waals surface area (Å²) in [7, 11) is -3.31. The fourth-order valence-corrected chi connectivity index (χ4v) is 3.55. The van der Waals surface area contributed by atoms with Crippen molar-refractivity contribution in [3.63, 3.8) is 0 Å². The normalized spacial score (nSPS) is 18.4. The van der Waals surface area contributed by atoms with Crippen molar-refractivity contribution in [2.24, 2.45) is 0 Å². The van der Waals surface area contributed by atoms with Gasteiger partial charge in [0.25, 0.3) is 0 Å². The molecule has 1 N–H and O–H groups in total. The van der Waals surface area contributed by atoms with Gasteiger partial charge in [0.1, 0.15) is 11.7 Å². The number of fused-ring (bicyclic) bond motifs is 1. The van der Waals surface area contributed by atoms with Gasteiger partial charge < -0.3 is 9.84 Å². The Bertz CT molecular complexity index is 761. The highest BCUT2D eigenvalue weighted by Crippen LogP contribution is 2.27. The number of sulfone groups is 1. The number of carbonyl (C=O) groups excluding carboxylic acids is 1. The molecule has 1 aliphatic heterocycles. The molecule has 2 rings (SSSR count). The van der Waals surface area contributed by atoms with Crippen LogP contribution in [0.25, 0.3) is 0 Å². The number of aryl methyl sites for hydroxylation is 1. The predicted molar refractivity (Wildman–Crippen MR) is 92.4 cm³/mol. The molecule has 0 saturated carbocycles. The summed E-state index contributed by atoms with van der Waals surface area (Å²) < 4.78 is 30.5. The first kappa shape index (κ1) is 19.5. The van der Waals surface area contributed by atoms with Gasteiger partial charge in [0.05, 0.1) is 37.3 Å². The number of carbonyl (C=O) groups is 1. The Hall–Kier alpha value is -1.87. The molecule has 1 aromatic heterocycles. The van der Waals surface area contributed by atoms with Gasteiger partial charge in [-0.2, -0.15) is 5.10 Å². The molecule has 0 radical (unpaired) electrons. The fourth-order valence-electron chi connectivity index (χ4n) is 2.58. The number of allylic oxidation sites excluding steroid dienone is 1. The standard InChI is InChI=1S/C16H25N3O5S/c1-5-7-25(22,23)8-6-19-13-10-18(15(21)24-16(2,3)4)11-14(20)12(13)9-17-19/h5,7,9,14,20H,6,8,10-11H2,1-4H3. The zero-order valence-corrected chi connectivity index (χ0v) is 15.8. The lowest BCUT2D eigenvalue weighted by Gasteiger charge is -2.32. The molecule has 0 fully saturated rings. The van der Waals surface area contributed by atoms with Crippen molar-refractivity contribution in [1.82, 2.24) is 14.7 Å². The number of aliphatic hydroxyl groups is 1. The number of hydrogen-bond donors (Lipinski definition) is 1. The molecule has 140 valence electrons. The largest absolute Gasteiger partial charge is 0.444 e. The van der Waals surface area contributed by atoms with Crippen LogP contribution in [0.2, 0.25) is 0 Å². The molecule has 25 heavy (non-hydrogen) atoms. The van der Waals surface area contributed by atoms with Gasteiger partial charge in [-0.1, -0.05) is 6.08 Å². The molecule has 0 spiro atoms. The number of aromatic nitrogens is 2. The van der Waals surface area contributed by atoms with E-state index in [1.165, 1.54) is 21.9 Å². The van der Waals surface area contributed by atoms with Crippen molar-refractivity contribution < 1.29 is 23.1 Å². The SMILES string of the molecule is CC=CS(=O)(=O)CCn1ncc2c1CN(C(=O)OC(C)(C)C)CC2O. The maximum absolute atomic E-state index is 12.3. The van der Waals surface area contributed by atoms with Crippen LogP contribution in [0.3, 0.4) is 0 Å². The number of hydrogen-bond acceptors (Lipinski definition) is 6. The molecule has 1 unspecified atom stereocenters. The summed E-state index contributed by atoms with van der Waals surface area (Å²) in [6, 6.07) is 0. The molecule has 1 aromatic rings. The summed E-state index contributed by atoms with van der Waals surface area (Å²) in [6.45, 7) is 7.43. The van der Waals surface area contributed by atoms with Crippen LogP contribution in [0, 0.1) is 0 Å². The fraction of sp³-hybridized carbons (Fsp3) is 0.625. The minimum absolute atomic E-state index is 0.103. The average molecular weight is 371 g/mol. The van der Waals surface area contributed by atoms with E-state index >= 15 is 0 Å². The van der Waals surface area contributed by atoms with E-state index in [0.717, 1.165) is 5.41 Å². The van der Waals surface area contributed by atoms with E-state index in [1.54, 1.807) is 27.7 Å². The molecule has 0 bridgehead atoms. The lowest BCUT2D eigenvalue weighted by Crippen LogP contribution is -2.42. The molecule has 0 saturated heterocycles. The quantitative estimate of drug-likeness (QED) is 0.863. The molecule has 8 nitrogen and oxygen atoms in total. The third-order valence-electron chi connectivity index (χ3n) is 3.66. The second kappa shape index (κ2) is 7.17. The second-order valence-corrected chi connectivity index (χ2v) is 8.99. The molecule has 1 aliphatic rings. The lowest BCUT2D eigenvalue weighted by molar-refractivity contribution is 0.00753. The summed E-state index contributed by atoms with van der Waals surface area (Å²) >= 11 is 0. The number of ether oxygens (including phenoxy) is 1. The van der Waals surface area contributed by atoms with Gasteiger partial charge in [0.2, 0.25) is 0 Å². The van der Waals surface area contributed by atoms with Gasteiger partial charge in [-0.15, -0.1) is 0 Å². The Morgan fingerprint density at radius 1 is 1.48 bits per heavy atom. The summed E-state index contributed by atoms with van der Waals surface area (Å²) in [5.41, 5.74) is 0.604. The van der Waals surface area contributed by atoms with E-state index in [0.29, 0.717) is 11.3 Å². The number of nitrogens with zero attached hydrogens (tertiary/aromatic N) is 3. The maximum atomic E-state index is 12.3. The molecule has 1 atom stereocenters. The van der Waals surface area contributed by atoms with E-state index in [9.17, 15) is 18.3 Å². The lowest BCUT2D eigenvalue weighted by atomic mass is 10.1. The third kappa shape index (κ3) is 5.05. The van der Waals surface area contributed by atoms with Crippen molar-refractivity contribution in [1.29, 1.82) is 0 Å². The van der Waals surface area contributed by atoms with Crippen molar-refractivity contribution in [2.75, 3.05) is 12.3 Å². The molecule has 1 amide bonds. The summed E-state index contributed by atoms with van der Waals surface area (Å²) in [4.78, 5) is 13.7. The Kier molecular flexibility index (Phi) is 5.58. The predicted octanol–water partition coefficient (Wildman–Crippen LogP) is 1.62. The Labute approximate surface area is 148 Å². The zero-order chi connectivity index (χ0) is 18.8. The van der Waals surface area contributed by atoms with Gasteiger partial charge >= 0.3 is 6.09 Å². The number of aliphatic hydroxyl groups excluding tert-OH is 1. The van der Waals surface area contributed by atoms with Crippen molar-refractivity contribution in [2.45, 2.75) is 52.5 Å². The molecular formula is C16H25N3O5S. The van der Waals surface area contributed by atoms with Crippen LogP contribution < -0.4 is 0 Å². The van der Waals surface area contributed by atoms with E-state index in [2.05, 4.69) is 5.10 Å². The Morgan fingerprint density at radius 3 is 2.76 bits per heavy atom. The summed E-state index contributed by atoms with van der Waals surface area (Å²) in [6.07, 6.45) is 1.60. The van der Waals surface area contributed by atoms with Crippen LogP contribution >= 0.6 is 0 Å². The monoisotopic (exact) mass is 371 g/mol. The van der Waals surface area contributed by atoms with Crippen LogP contribution in [-0.2, 0) is 27.7 Å². The summed E-state index contributed by atoms with van der Waals surface area (Å²) in [5.74, 6) is -0.103. The number of β-amino-alcohol motifs (C(OH)–C–C–N with tert-alkyl or cyclic N) is 1. The van der Waals surface area contributed by atoms with E-state index in [-0.39, 0.29) is 25.4 Å². The van der Waals surface area contributed by atoms with Gasteiger partial charge in [0, 0.05) is 11.0 Å². The first-order valence-corrected chi connectivity index (χ1v) is 9.80. The maximum Gasteiger partial charge on any atom is 0.410 e. The van der Waals surface area contributed by atoms with E-state index in [4.69, 9.17) is 4.74 Å². The van der Waals surface area contributed by atoms with Crippen LogP contribution in [0.15, 0.2) is 17.7 Å². The number of rotatable bonds is 4. The summed E-state index contributed by atoms with van der Waals surface area (Å²) in [5, 5.41) is 15.6. The smallest absolute Gasteiger partial charge is 0.410 e. The first-order valence-electron chi connectivity index (χ1n) is 8.08. The van der Waals surface area contributed by atoms with Gasteiger partial charge in [-0.3, -0.25) is 9.58 Å². The second-order valence-electron chi connectivity index (χ2n) is 6.98. The topological polar surface area (TPSA) is 102 Å². The first-order chi connectivity index (χ1) is 11.5. The average Bonchev–Trinajstić information content (AvgIpc) is 2.87.